The minimum atomic E-state index is -0.770. The zero-order valence-electron chi connectivity index (χ0n) is 21.2. The maximum atomic E-state index is 13.0. The number of fused-ring (bicyclic) bond motifs is 3. The number of rotatable bonds is 8. The van der Waals surface area contributed by atoms with E-state index >= 15 is 0 Å². The largest absolute Gasteiger partial charge is 0.459 e. The van der Waals surface area contributed by atoms with Gasteiger partial charge in [-0.3, -0.25) is 14.5 Å². The molecule has 0 fully saturated rings. The fourth-order valence-corrected chi connectivity index (χ4v) is 5.03. The van der Waals surface area contributed by atoms with Gasteiger partial charge in [-0.25, -0.2) is 4.79 Å². The normalized spacial score (nSPS) is 13.4. The molecule has 1 aliphatic carbocycles. The molecule has 0 N–H and O–H groups in total. The molecule has 0 spiro atoms. The third kappa shape index (κ3) is 6.57. The van der Waals surface area contributed by atoms with Crippen molar-refractivity contribution in [2.24, 2.45) is 0 Å². The van der Waals surface area contributed by atoms with Crippen molar-refractivity contribution in [2.45, 2.75) is 38.3 Å². The number of hydrogen-bond acceptors (Lipinski definition) is 6. The van der Waals surface area contributed by atoms with E-state index in [4.69, 9.17) is 9.47 Å². The molecular weight excluding hydrogens is 464 g/mol. The first-order valence-corrected chi connectivity index (χ1v) is 12.7. The summed E-state index contributed by atoms with van der Waals surface area (Å²) in [5.41, 5.74) is 3.97. The van der Waals surface area contributed by atoms with Crippen LogP contribution in [0.3, 0.4) is 0 Å². The smallest absolute Gasteiger partial charge is 0.410 e. The lowest BCUT2D eigenvalue weighted by molar-refractivity contribution is -0.151. The van der Waals surface area contributed by atoms with Gasteiger partial charge in [0.15, 0.2) is 0 Å². The quantitative estimate of drug-likeness (QED) is 0.502. The summed E-state index contributed by atoms with van der Waals surface area (Å²) in [4.78, 5) is 40.6. The molecule has 0 aliphatic heterocycles. The summed E-state index contributed by atoms with van der Waals surface area (Å²) in [6.45, 7) is 5.59. The van der Waals surface area contributed by atoms with Crippen LogP contribution in [0, 0.1) is 0 Å². The Kier molecular flexibility index (Phi) is 8.48. The van der Waals surface area contributed by atoms with Crippen molar-refractivity contribution in [2.75, 3.05) is 39.3 Å². The van der Waals surface area contributed by atoms with E-state index in [1.54, 1.807) is 41.9 Å². The molecule has 188 valence electrons. The van der Waals surface area contributed by atoms with Crippen LogP contribution in [0.2, 0.25) is 0 Å². The van der Waals surface area contributed by atoms with Gasteiger partial charge in [-0.15, -0.1) is 11.8 Å². The van der Waals surface area contributed by atoms with Gasteiger partial charge in [-0.2, -0.15) is 0 Å². The number of nitrogens with zero attached hydrogens (tertiary/aromatic N) is 2. The SMILES string of the molecule is CN(C)C(=O)[C@H](CSCC(=O)OC(C)(C)C)N(C)C(=O)OCC1c2ccccc2-c2ccccc21. The summed E-state index contributed by atoms with van der Waals surface area (Å²) in [7, 11) is 4.83. The minimum absolute atomic E-state index is 0.0655. The number of likely N-dealkylation sites (N-methyl/N-ethyl adjacent to an activating group) is 2. The zero-order chi connectivity index (χ0) is 25.8. The lowest BCUT2D eigenvalue weighted by atomic mass is 9.98. The first-order valence-electron chi connectivity index (χ1n) is 11.6. The molecular formula is C27H34N2O5S. The van der Waals surface area contributed by atoms with E-state index in [0.717, 1.165) is 22.3 Å². The molecule has 0 unspecified atom stereocenters. The maximum absolute atomic E-state index is 13.0. The molecule has 7 nitrogen and oxygen atoms in total. The van der Waals surface area contributed by atoms with Crippen LogP contribution in [0.1, 0.15) is 37.8 Å². The second kappa shape index (κ2) is 11.2. The van der Waals surface area contributed by atoms with E-state index in [1.165, 1.54) is 21.6 Å². The monoisotopic (exact) mass is 498 g/mol. The van der Waals surface area contributed by atoms with Crippen molar-refractivity contribution in [1.29, 1.82) is 0 Å². The van der Waals surface area contributed by atoms with Crippen LogP contribution in [-0.2, 0) is 19.1 Å². The summed E-state index contributed by atoms with van der Waals surface area (Å²) >= 11 is 1.25. The number of esters is 1. The van der Waals surface area contributed by atoms with Gasteiger partial charge in [-0.05, 0) is 43.0 Å². The van der Waals surface area contributed by atoms with Crippen LogP contribution in [0.15, 0.2) is 48.5 Å². The molecule has 1 atom stereocenters. The Morgan fingerprint density at radius 1 is 0.943 bits per heavy atom. The number of carbonyl (C=O) groups excluding carboxylic acids is 3. The van der Waals surface area contributed by atoms with Crippen LogP contribution in [-0.4, -0.2) is 78.7 Å². The number of carbonyl (C=O) groups is 3. The molecule has 0 saturated heterocycles. The first-order chi connectivity index (χ1) is 16.5. The number of hydrogen-bond donors (Lipinski definition) is 0. The molecule has 0 radical (unpaired) electrons. The molecule has 0 aromatic heterocycles. The van der Waals surface area contributed by atoms with Gasteiger partial charge < -0.3 is 14.4 Å². The van der Waals surface area contributed by atoms with Gasteiger partial charge in [-0.1, -0.05) is 48.5 Å². The zero-order valence-corrected chi connectivity index (χ0v) is 22.1. The number of ether oxygens (including phenoxy) is 2. The average Bonchev–Trinajstić information content (AvgIpc) is 3.12. The molecule has 2 aromatic carbocycles. The van der Waals surface area contributed by atoms with Crippen molar-refractivity contribution in [1.82, 2.24) is 9.80 Å². The highest BCUT2D eigenvalue weighted by molar-refractivity contribution is 8.00. The van der Waals surface area contributed by atoms with E-state index < -0.39 is 17.7 Å². The molecule has 0 bridgehead atoms. The summed E-state index contributed by atoms with van der Waals surface area (Å²) in [6, 6.07) is 15.5. The molecule has 2 aromatic rings. The number of benzene rings is 2. The highest BCUT2D eigenvalue weighted by Gasteiger charge is 2.32. The Hall–Kier alpha value is -3.00. The molecule has 1 aliphatic rings. The van der Waals surface area contributed by atoms with Crippen molar-refractivity contribution in [3.63, 3.8) is 0 Å². The predicted octanol–water partition coefficient (Wildman–Crippen LogP) is 4.40. The van der Waals surface area contributed by atoms with Crippen LogP contribution >= 0.6 is 11.8 Å². The van der Waals surface area contributed by atoms with Gasteiger partial charge in [0.1, 0.15) is 18.2 Å². The maximum Gasteiger partial charge on any atom is 0.410 e. The summed E-state index contributed by atoms with van der Waals surface area (Å²) < 4.78 is 11.0. The Morgan fingerprint density at radius 2 is 1.49 bits per heavy atom. The molecule has 3 rings (SSSR count). The fraction of sp³-hybridized carbons (Fsp3) is 0.444. The molecule has 0 heterocycles. The number of thioether (sulfide) groups is 1. The minimum Gasteiger partial charge on any atom is -0.459 e. The Labute approximate surface area is 211 Å². The van der Waals surface area contributed by atoms with E-state index in [-0.39, 0.29) is 35.9 Å². The van der Waals surface area contributed by atoms with Crippen LogP contribution < -0.4 is 0 Å². The van der Waals surface area contributed by atoms with Crippen molar-refractivity contribution < 1.29 is 23.9 Å². The lowest BCUT2D eigenvalue weighted by Crippen LogP contribution is -2.49. The summed E-state index contributed by atoms with van der Waals surface area (Å²) in [5.74, 6) is -0.325. The van der Waals surface area contributed by atoms with E-state index in [1.807, 2.05) is 24.3 Å². The average molecular weight is 499 g/mol. The third-order valence-electron chi connectivity index (χ3n) is 5.73. The van der Waals surface area contributed by atoms with Crippen molar-refractivity contribution in [3.8, 4) is 11.1 Å². The van der Waals surface area contributed by atoms with E-state index in [2.05, 4.69) is 24.3 Å². The van der Waals surface area contributed by atoms with Gasteiger partial charge in [0, 0.05) is 32.8 Å². The fourth-order valence-electron chi connectivity index (χ4n) is 4.09. The van der Waals surface area contributed by atoms with Crippen LogP contribution in [0.5, 0.6) is 0 Å². The second-order valence-corrected chi connectivity index (χ2v) is 10.8. The Bertz CT molecular complexity index is 1030. The van der Waals surface area contributed by atoms with E-state index in [9.17, 15) is 14.4 Å². The lowest BCUT2D eigenvalue weighted by Gasteiger charge is -2.29. The van der Waals surface area contributed by atoms with Crippen molar-refractivity contribution in [3.05, 3.63) is 59.7 Å². The first kappa shape index (κ1) is 26.6. The molecule has 35 heavy (non-hydrogen) atoms. The number of amides is 2. The molecule has 2 amide bonds. The summed E-state index contributed by atoms with van der Waals surface area (Å²) in [6.07, 6.45) is -0.579. The Balaban J connectivity index is 1.65. The summed E-state index contributed by atoms with van der Waals surface area (Å²) in [5, 5.41) is 0. The van der Waals surface area contributed by atoms with Gasteiger partial charge >= 0.3 is 12.1 Å². The Morgan fingerprint density at radius 3 is 2.00 bits per heavy atom. The predicted molar refractivity (Wildman–Crippen MR) is 138 cm³/mol. The molecule has 8 heteroatoms. The highest BCUT2D eigenvalue weighted by Crippen LogP contribution is 2.44. The van der Waals surface area contributed by atoms with Crippen molar-refractivity contribution >= 4 is 29.7 Å². The van der Waals surface area contributed by atoms with E-state index in [0.29, 0.717) is 0 Å². The standard InChI is InChI=1S/C27H34N2O5S/c1-27(2,3)34-24(30)17-35-16-23(25(31)28(4)5)29(6)26(32)33-15-22-20-13-9-7-11-18(20)19-12-8-10-14-21(19)22/h7-14,22-23H,15-17H2,1-6H3/t23-/m0/s1. The van der Waals surface area contributed by atoms with Crippen LogP contribution in [0.25, 0.3) is 11.1 Å². The highest BCUT2D eigenvalue weighted by atomic mass is 32.2. The van der Waals surface area contributed by atoms with Crippen LogP contribution in [0.4, 0.5) is 4.79 Å². The van der Waals surface area contributed by atoms with Gasteiger partial charge in [0.25, 0.3) is 0 Å². The topological polar surface area (TPSA) is 76.2 Å². The van der Waals surface area contributed by atoms with Gasteiger partial charge in [0.2, 0.25) is 5.91 Å². The second-order valence-electron chi connectivity index (χ2n) is 9.76. The molecule has 0 saturated carbocycles. The third-order valence-corrected chi connectivity index (χ3v) is 6.72. The van der Waals surface area contributed by atoms with Gasteiger partial charge in [0.05, 0.1) is 5.75 Å².